The zero-order valence-corrected chi connectivity index (χ0v) is 10.1. The van der Waals surface area contributed by atoms with Crippen LogP contribution in [0.5, 0.6) is 0 Å². The van der Waals surface area contributed by atoms with Crippen molar-refractivity contribution in [2.75, 3.05) is 13.2 Å². The van der Waals surface area contributed by atoms with Gasteiger partial charge in [0.05, 0.1) is 12.7 Å². The molecule has 0 aromatic rings. The molecule has 0 radical (unpaired) electrons. The van der Waals surface area contributed by atoms with Crippen LogP contribution in [0.3, 0.4) is 0 Å². The molecule has 0 bridgehead atoms. The summed E-state index contributed by atoms with van der Waals surface area (Å²) in [7, 11) is 0. The van der Waals surface area contributed by atoms with E-state index in [1.165, 1.54) is 0 Å². The van der Waals surface area contributed by atoms with Crippen LogP contribution in [0, 0.1) is 0 Å². The number of nitrogens with one attached hydrogen (secondary N) is 1. The van der Waals surface area contributed by atoms with Crippen LogP contribution >= 0.6 is 0 Å². The van der Waals surface area contributed by atoms with Gasteiger partial charge in [-0.15, -0.1) is 0 Å². The minimum atomic E-state index is -1.76. The Hall–Kier alpha value is -0.240. The molecule has 6 nitrogen and oxygen atoms in total. The monoisotopic (exact) mass is 249 g/mol. The van der Waals surface area contributed by atoms with E-state index in [-0.39, 0.29) is 6.42 Å². The molecule has 1 fully saturated rings. The van der Waals surface area contributed by atoms with Crippen LogP contribution < -0.4 is 5.32 Å². The second-order valence-electron chi connectivity index (χ2n) is 4.81. The lowest BCUT2D eigenvalue weighted by atomic mass is 9.76. The van der Waals surface area contributed by atoms with Crippen LogP contribution in [0.25, 0.3) is 0 Å². The molecule has 6 N–H and O–H groups in total. The maximum Gasteiger partial charge on any atom is 0.118 e. The highest BCUT2D eigenvalue weighted by Crippen LogP contribution is 2.29. The molecular formula is C11H23NO5. The highest BCUT2D eigenvalue weighted by molar-refractivity contribution is 5.04. The Morgan fingerprint density at radius 3 is 2.41 bits per heavy atom. The van der Waals surface area contributed by atoms with Crippen molar-refractivity contribution in [2.45, 2.75) is 56.1 Å². The molecule has 5 atom stereocenters. The number of hydrogen-bond donors (Lipinski definition) is 6. The highest BCUT2D eigenvalue weighted by Gasteiger charge is 2.50. The normalized spacial score (nSPS) is 42.7. The molecule has 0 aromatic carbocycles. The van der Waals surface area contributed by atoms with Crippen LogP contribution in [-0.2, 0) is 0 Å². The molecule has 0 amide bonds. The van der Waals surface area contributed by atoms with Crippen molar-refractivity contribution in [3.8, 4) is 0 Å². The number of aliphatic hydroxyl groups is 5. The van der Waals surface area contributed by atoms with Crippen molar-refractivity contribution in [3.63, 3.8) is 0 Å². The van der Waals surface area contributed by atoms with Crippen molar-refractivity contribution in [1.29, 1.82) is 0 Å². The molecule has 1 aliphatic rings. The van der Waals surface area contributed by atoms with Gasteiger partial charge in [-0.25, -0.2) is 0 Å². The van der Waals surface area contributed by atoms with Gasteiger partial charge in [-0.05, 0) is 19.4 Å². The SMILES string of the molecule is CCCCN[C@H]1C[C@](O)(CO)[C@@H](O)[C@H](O)[C@H]1O. The Balaban J connectivity index is 2.65. The summed E-state index contributed by atoms with van der Waals surface area (Å²) in [5.41, 5.74) is -1.76. The molecule has 6 heteroatoms. The first kappa shape index (κ1) is 14.8. The van der Waals surface area contributed by atoms with Gasteiger partial charge in [0.25, 0.3) is 0 Å². The first-order valence-corrected chi connectivity index (χ1v) is 6.07. The summed E-state index contributed by atoms with van der Waals surface area (Å²) < 4.78 is 0. The standard InChI is InChI=1S/C11H23NO5/c1-2-3-4-12-7-5-11(17,6-13)10(16)9(15)8(7)14/h7-10,12-17H,2-6H2,1H3/t7-,8-,9+,10-,11-/m0/s1. The molecule has 17 heavy (non-hydrogen) atoms. The number of aliphatic hydroxyl groups excluding tert-OH is 4. The second-order valence-corrected chi connectivity index (χ2v) is 4.81. The molecule has 0 unspecified atom stereocenters. The second kappa shape index (κ2) is 6.08. The third-order valence-electron chi connectivity index (χ3n) is 3.42. The Morgan fingerprint density at radius 1 is 1.24 bits per heavy atom. The van der Waals surface area contributed by atoms with Gasteiger partial charge in [0.2, 0.25) is 0 Å². The average Bonchev–Trinajstić information content (AvgIpc) is 2.33. The molecule has 102 valence electrons. The van der Waals surface area contributed by atoms with E-state index in [4.69, 9.17) is 5.11 Å². The van der Waals surface area contributed by atoms with Gasteiger partial charge in [-0.3, -0.25) is 0 Å². The summed E-state index contributed by atoms with van der Waals surface area (Å²) in [6, 6.07) is -0.530. The van der Waals surface area contributed by atoms with Crippen molar-refractivity contribution >= 4 is 0 Å². The van der Waals surface area contributed by atoms with Gasteiger partial charge in [0.15, 0.2) is 0 Å². The number of unbranched alkanes of at least 4 members (excludes halogenated alkanes) is 1. The predicted molar refractivity (Wildman–Crippen MR) is 61.4 cm³/mol. The van der Waals surface area contributed by atoms with E-state index in [1.54, 1.807) is 0 Å². The Labute approximate surface area is 101 Å². The lowest BCUT2D eigenvalue weighted by Gasteiger charge is -2.45. The molecular weight excluding hydrogens is 226 g/mol. The zero-order valence-electron chi connectivity index (χ0n) is 10.1. The first-order chi connectivity index (χ1) is 7.96. The number of hydrogen-bond acceptors (Lipinski definition) is 6. The molecule has 0 saturated heterocycles. The predicted octanol–water partition coefficient (Wildman–Crippen LogP) is -2.05. The lowest BCUT2D eigenvalue weighted by molar-refractivity contribution is -0.206. The van der Waals surface area contributed by atoms with E-state index in [0.717, 1.165) is 12.8 Å². The summed E-state index contributed by atoms with van der Waals surface area (Å²) in [6.07, 6.45) is -2.22. The minimum Gasteiger partial charge on any atom is -0.393 e. The lowest BCUT2D eigenvalue weighted by Crippen LogP contribution is -2.66. The maximum absolute atomic E-state index is 9.95. The van der Waals surface area contributed by atoms with Gasteiger partial charge >= 0.3 is 0 Å². The van der Waals surface area contributed by atoms with E-state index in [2.05, 4.69) is 5.32 Å². The molecule has 1 rings (SSSR count). The molecule has 1 aliphatic carbocycles. The van der Waals surface area contributed by atoms with Crippen LogP contribution in [0.4, 0.5) is 0 Å². The Bertz CT molecular complexity index is 240. The van der Waals surface area contributed by atoms with Crippen molar-refractivity contribution in [3.05, 3.63) is 0 Å². The van der Waals surface area contributed by atoms with Crippen molar-refractivity contribution in [1.82, 2.24) is 5.32 Å². The molecule has 0 spiro atoms. The van der Waals surface area contributed by atoms with Crippen LogP contribution in [-0.4, -0.2) is 68.6 Å². The van der Waals surface area contributed by atoms with Crippen LogP contribution in [0.2, 0.25) is 0 Å². The zero-order chi connectivity index (χ0) is 13.1. The van der Waals surface area contributed by atoms with Gasteiger partial charge in [-0.2, -0.15) is 0 Å². The minimum absolute atomic E-state index is 0.00656. The van der Waals surface area contributed by atoms with E-state index in [9.17, 15) is 20.4 Å². The third kappa shape index (κ3) is 3.15. The first-order valence-electron chi connectivity index (χ1n) is 6.07. The van der Waals surface area contributed by atoms with Crippen molar-refractivity contribution in [2.24, 2.45) is 0 Å². The summed E-state index contributed by atoms with van der Waals surface area (Å²) >= 11 is 0. The van der Waals surface area contributed by atoms with Crippen LogP contribution in [0.1, 0.15) is 26.2 Å². The Morgan fingerprint density at radius 2 is 1.88 bits per heavy atom. The van der Waals surface area contributed by atoms with Gasteiger partial charge in [-0.1, -0.05) is 13.3 Å². The molecule has 0 heterocycles. The smallest absolute Gasteiger partial charge is 0.118 e. The molecule has 0 aliphatic heterocycles. The van der Waals surface area contributed by atoms with E-state index in [0.29, 0.717) is 6.54 Å². The summed E-state index contributed by atoms with van der Waals surface area (Å²) in [6.45, 7) is 2.04. The Kier molecular flexibility index (Phi) is 5.30. The van der Waals surface area contributed by atoms with E-state index < -0.39 is 36.6 Å². The topological polar surface area (TPSA) is 113 Å². The molecule has 0 aromatic heterocycles. The quantitative estimate of drug-likeness (QED) is 0.313. The fourth-order valence-corrected chi connectivity index (χ4v) is 2.18. The summed E-state index contributed by atoms with van der Waals surface area (Å²) in [4.78, 5) is 0. The summed E-state index contributed by atoms with van der Waals surface area (Å²) in [5, 5.41) is 51.1. The third-order valence-corrected chi connectivity index (χ3v) is 3.42. The molecule has 1 saturated carbocycles. The largest absolute Gasteiger partial charge is 0.393 e. The fourth-order valence-electron chi connectivity index (χ4n) is 2.18. The maximum atomic E-state index is 9.95. The van der Waals surface area contributed by atoms with E-state index in [1.807, 2.05) is 6.92 Å². The van der Waals surface area contributed by atoms with Crippen LogP contribution in [0.15, 0.2) is 0 Å². The summed E-state index contributed by atoms with van der Waals surface area (Å²) in [5.74, 6) is 0. The number of rotatable bonds is 5. The fraction of sp³-hybridized carbons (Fsp3) is 1.00. The average molecular weight is 249 g/mol. The van der Waals surface area contributed by atoms with E-state index >= 15 is 0 Å². The van der Waals surface area contributed by atoms with Crippen molar-refractivity contribution < 1.29 is 25.5 Å². The van der Waals surface area contributed by atoms with Gasteiger partial charge in [0, 0.05) is 6.04 Å². The van der Waals surface area contributed by atoms with Gasteiger partial charge in [0.1, 0.15) is 17.8 Å². The van der Waals surface area contributed by atoms with Gasteiger partial charge < -0.3 is 30.8 Å². The highest BCUT2D eigenvalue weighted by atomic mass is 16.4.